The van der Waals surface area contributed by atoms with E-state index < -0.39 is 0 Å². The number of hydrogen-bond donors (Lipinski definition) is 1. The maximum absolute atomic E-state index is 13.0. The lowest BCUT2D eigenvalue weighted by molar-refractivity contribution is -0.117. The molecule has 6 rings (SSSR count). The maximum Gasteiger partial charge on any atom is 0.238 e. The topological polar surface area (TPSA) is 66.3 Å². The van der Waals surface area contributed by atoms with Gasteiger partial charge in [0.05, 0.1) is 12.2 Å². The second-order valence-corrected chi connectivity index (χ2v) is 11.0. The molecule has 1 aromatic heterocycles. The standard InChI is InChI=1S/C30H31BrN6O/c31-25-9-4-6-22(18-25)20-35-14-5-15-36(17-16-35)21-29(38)32-26-11-12-27-24(19-26)10-13-28-33-34-30(37(27)28)23-7-2-1-3-8-23/h1-4,6-9,11-12,18-19H,5,10,13-17,20-21H2,(H,32,38). The van der Waals surface area contributed by atoms with Gasteiger partial charge in [-0.25, -0.2) is 0 Å². The highest BCUT2D eigenvalue weighted by atomic mass is 79.9. The lowest BCUT2D eigenvalue weighted by Crippen LogP contribution is -2.36. The van der Waals surface area contributed by atoms with Crippen LogP contribution in [0.15, 0.2) is 77.3 Å². The molecule has 0 atom stereocenters. The Balaban J connectivity index is 1.08. The highest BCUT2D eigenvalue weighted by Crippen LogP contribution is 2.31. The molecule has 0 bridgehead atoms. The van der Waals surface area contributed by atoms with Crippen molar-refractivity contribution in [2.45, 2.75) is 25.8 Å². The SMILES string of the molecule is O=C(CN1CCCN(Cc2cccc(Br)c2)CC1)Nc1ccc2c(c1)CCc1nnc(-c3ccccc3)n1-2. The molecule has 0 aliphatic carbocycles. The van der Waals surface area contributed by atoms with Gasteiger partial charge in [0.2, 0.25) is 5.91 Å². The van der Waals surface area contributed by atoms with Crippen LogP contribution in [0.3, 0.4) is 0 Å². The molecule has 0 unspecified atom stereocenters. The lowest BCUT2D eigenvalue weighted by atomic mass is 10.0. The normalized spacial score (nSPS) is 15.9. The third-order valence-corrected chi connectivity index (χ3v) is 7.82. The van der Waals surface area contributed by atoms with Crippen LogP contribution in [0.4, 0.5) is 5.69 Å². The van der Waals surface area contributed by atoms with Crippen molar-refractivity contribution < 1.29 is 4.79 Å². The van der Waals surface area contributed by atoms with Crippen LogP contribution in [0.25, 0.3) is 17.1 Å². The summed E-state index contributed by atoms with van der Waals surface area (Å²) in [7, 11) is 0. The van der Waals surface area contributed by atoms with Crippen molar-refractivity contribution in [1.29, 1.82) is 0 Å². The van der Waals surface area contributed by atoms with E-state index in [9.17, 15) is 4.79 Å². The summed E-state index contributed by atoms with van der Waals surface area (Å²) in [6, 6.07) is 24.8. The number of anilines is 1. The van der Waals surface area contributed by atoms with E-state index in [4.69, 9.17) is 0 Å². The Labute approximate surface area is 231 Å². The summed E-state index contributed by atoms with van der Waals surface area (Å²) < 4.78 is 3.26. The third kappa shape index (κ3) is 5.57. The molecular formula is C30H31BrN6O. The minimum Gasteiger partial charge on any atom is -0.325 e. The Hall–Kier alpha value is -3.33. The fraction of sp³-hybridized carbons (Fsp3) is 0.300. The maximum atomic E-state index is 13.0. The van der Waals surface area contributed by atoms with E-state index in [1.165, 1.54) is 11.1 Å². The van der Waals surface area contributed by atoms with Crippen molar-refractivity contribution in [1.82, 2.24) is 24.6 Å². The van der Waals surface area contributed by atoms with Crippen molar-refractivity contribution >= 4 is 27.5 Å². The van der Waals surface area contributed by atoms with Gasteiger partial charge in [-0.15, -0.1) is 10.2 Å². The summed E-state index contributed by atoms with van der Waals surface area (Å²) >= 11 is 3.57. The van der Waals surface area contributed by atoms with Crippen LogP contribution in [0.1, 0.15) is 23.4 Å². The predicted molar refractivity (Wildman–Crippen MR) is 153 cm³/mol. The molecule has 3 aromatic carbocycles. The molecule has 1 N–H and O–H groups in total. The summed E-state index contributed by atoms with van der Waals surface area (Å²) in [6.07, 6.45) is 2.77. The quantitative estimate of drug-likeness (QED) is 0.355. The minimum atomic E-state index is 0.0381. The Kier molecular flexibility index (Phi) is 7.35. The summed E-state index contributed by atoms with van der Waals surface area (Å²) in [6.45, 7) is 5.19. The molecule has 0 saturated carbocycles. The number of fused-ring (bicyclic) bond motifs is 3. The van der Waals surface area contributed by atoms with Gasteiger partial charge in [0.1, 0.15) is 5.82 Å². The van der Waals surface area contributed by atoms with Crippen LogP contribution < -0.4 is 5.32 Å². The van der Waals surface area contributed by atoms with E-state index in [-0.39, 0.29) is 5.91 Å². The first-order valence-electron chi connectivity index (χ1n) is 13.2. The van der Waals surface area contributed by atoms with Gasteiger partial charge in [0, 0.05) is 41.8 Å². The smallest absolute Gasteiger partial charge is 0.238 e. The molecule has 1 saturated heterocycles. The first-order valence-corrected chi connectivity index (χ1v) is 14.0. The van der Waals surface area contributed by atoms with Crippen molar-refractivity contribution in [2.24, 2.45) is 0 Å². The number of aryl methyl sites for hydroxylation is 2. The fourth-order valence-electron chi connectivity index (χ4n) is 5.47. The number of amides is 1. The zero-order chi connectivity index (χ0) is 25.9. The summed E-state index contributed by atoms with van der Waals surface area (Å²) in [5, 5.41) is 12.1. The average molecular weight is 572 g/mol. The molecule has 3 heterocycles. The molecule has 7 nitrogen and oxygen atoms in total. The van der Waals surface area contributed by atoms with Crippen LogP contribution in [0.2, 0.25) is 0 Å². The van der Waals surface area contributed by atoms with E-state index in [2.05, 4.69) is 94.3 Å². The van der Waals surface area contributed by atoms with Gasteiger partial charge in [0.15, 0.2) is 5.82 Å². The number of benzene rings is 3. The molecular weight excluding hydrogens is 540 g/mol. The molecule has 4 aromatic rings. The Bertz CT molecular complexity index is 1440. The van der Waals surface area contributed by atoms with Crippen LogP contribution in [-0.2, 0) is 24.2 Å². The van der Waals surface area contributed by atoms with Gasteiger partial charge in [-0.2, -0.15) is 0 Å². The largest absolute Gasteiger partial charge is 0.325 e. The monoisotopic (exact) mass is 570 g/mol. The molecule has 2 aliphatic rings. The highest BCUT2D eigenvalue weighted by Gasteiger charge is 2.23. The Morgan fingerprint density at radius 3 is 2.58 bits per heavy atom. The Morgan fingerprint density at radius 2 is 1.71 bits per heavy atom. The van der Waals surface area contributed by atoms with E-state index >= 15 is 0 Å². The fourth-order valence-corrected chi connectivity index (χ4v) is 5.92. The second-order valence-electron chi connectivity index (χ2n) is 10.1. The molecule has 1 amide bonds. The van der Waals surface area contributed by atoms with Crippen LogP contribution in [0.5, 0.6) is 0 Å². The van der Waals surface area contributed by atoms with Crippen LogP contribution in [-0.4, -0.2) is 63.2 Å². The minimum absolute atomic E-state index is 0.0381. The molecule has 2 aliphatic heterocycles. The third-order valence-electron chi connectivity index (χ3n) is 7.33. The van der Waals surface area contributed by atoms with Crippen LogP contribution in [0, 0.1) is 0 Å². The molecule has 0 radical (unpaired) electrons. The van der Waals surface area contributed by atoms with Gasteiger partial charge in [-0.1, -0.05) is 58.4 Å². The van der Waals surface area contributed by atoms with Gasteiger partial charge < -0.3 is 5.32 Å². The van der Waals surface area contributed by atoms with Crippen molar-refractivity contribution in [2.75, 3.05) is 38.0 Å². The number of nitrogens with zero attached hydrogens (tertiary/aromatic N) is 5. The molecule has 1 fully saturated rings. The van der Waals surface area contributed by atoms with Crippen LogP contribution >= 0.6 is 15.9 Å². The van der Waals surface area contributed by atoms with Gasteiger partial charge in [-0.05, 0) is 67.4 Å². The zero-order valence-electron chi connectivity index (χ0n) is 21.3. The van der Waals surface area contributed by atoms with Crippen molar-refractivity contribution in [3.63, 3.8) is 0 Å². The number of aromatic nitrogens is 3. The number of hydrogen-bond acceptors (Lipinski definition) is 5. The number of halogens is 1. The van der Waals surface area contributed by atoms with Crippen molar-refractivity contribution in [3.05, 3.63) is 94.2 Å². The average Bonchev–Trinajstić information content (AvgIpc) is 3.25. The Morgan fingerprint density at radius 1 is 0.868 bits per heavy atom. The first-order chi connectivity index (χ1) is 18.6. The van der Waals surface area contributed by atoms with Crippen molar-refractivity contribution in [3.8, 4) is 17.1 Å². The summed E-state index contributed by atoms with van der Waals surface area (Å²) in [5.41, 5.74) is 5.49. The first kappa shape index (κ1) is 25.0. The lowest BCUT2D eigenvalue weighted by Gasteiger charge is -2.22. The predicted octanol–water partition coefficient (Wildman–Crippen LogP) is 4.94. The summed E-state index contributed by atoms with van der Waals surface area (Å²) in [4.78, 5) is 17.7. The van der Waals surface area contributed by atoms with Gasteiger partial charge >= 0.3 is 0 Å². The number of carbonyl (C=O) groups excluding carboxylic acids is 1. The molecule has 0 spiro atoms. The number of nitrogens with one attached hydrogen (secondary N) is 1. The zero-order valence-corrected chi connectivity index (χ0v) is 22.9. The second kappa shape index (κ2) is 11.2. The van der Waals surface area contributed by atoms with E-state index in [1.807, 2.05) is 24.3 Å². The number of rotatable bonds is 6. The highest BCUT2D eigenvalue weighted by molar-refractivity contribution is 9.10. The molecule has 38 heavy (non-hydrogen) atoms. The van der Waals surface area contributed by atoms with E-state index in [0.29, 0.717) is 6.54 Å². The number of carbonyl (C=O) groups is 1. The molecule has 8 heteroatoms. The van der Waals surface area contributed by atoms with Gasteiger partial charge in [-0.3, -0.25) is 19.2 Å². The summed E-state index contributed by atoms with van der Waals surface area (Å²) in [5.74, 6) is 1.87. The van der Waals surface area contributed by atoms with Gasteiger partial charge in [0.25, 0.3) is 0 Å². The molecule has 194 valence electrons. The van der Waals surface area contributed by atoms with E-state index in [1.54, 1.807) is 0 Å². The van der Waals surface area contributed by atoms with E-state index in [0.717, 1.165) is 85.0 Å².